The minimum absolute atomic E-state index is 0.215. The fourth-order valence-electron chi connectivity index (χ4n) is 2.73. The number of hydrogen-bond donors (Lipinski definition) is 1. The molecule has 2 aromatic carbocycles. The lowest BCUT2D eigenvalue weighted by Gasteiger charge is -2.21. The Kier molecular flexibility index (Phi) is 6.74. The molecule has 0 aliphatic rings. The number of nitrogens with one attached hydrogen (secondary N) is 1. The number of methoxy groups -OCH3 is 2. The van der Waals surface area contributed by atoms with Crippen LogP contribution in [0, 0.1) is 0 Å². The second-order valence-corrected chi connectivity index (χ2v) is 5.86. The van der Waals surface area contributed by atoms with Crippen LogP contribution >= 0.6 is 0 Å². The van der Waals surface area contributed by atoms with Gasteiger partial charge in [-0.2, -0.15) is 0 Å². The lowest BCUT2D eigenvalue weighted by atomic mass is 9.98. The van der Waals surface area contributed by atoms with Crippen molar-refractivity contribution in [2.24, 2.45) is 0 Å². The maximum atomic E-state index is 5.27. The Morgan fingerprint density at radius 1 is 0.958 bits per heavy atom. The van der Waals surface area contributed by atoms with Crippen molar-refractivity contribution in [1.29, 1.82) is 0 Å². The molecule has 128 valence electrons. The number of ether oxygens (including phenoxy) is 2. The summed E-state index contributed by atoms with van der Waals surface area (Å²) in [6.07, 6.45) is 4.31. The highest BCUT2D eigenvalue weighted by atomic mass is 16.5. The molecule has 0 saturated heterocycles. The summed E-state index contributed by atoms with van der Waals surface area (Å²) in [5, 5.41) is 3.64. The van der Waals surface area contributed by atoms with E-state index in [0.717, 1.165) is 30.0 Å². The fourth-order valence-corrected chi connectivity index (χ4v) is 2.73. The first kappa shape index (κ1) is 17.9. The first-order valence-corrected chi connectivity index (χ1v) is 8.36. The van der Waals surface area contributed by atoms with Crippen molar-refractivity contribution in [3.8, 4) is 11.5 Å². The van der Waals surface area contributed by atoms with Crippen molar-refractivity contribution in [1.82, 2.24) is 0 Å². The summed E-state index contributed by atoms with van der Waals surface area (Å²) in [7, 11) is 3.37. The summed E-state index contributed by atoms with van der Waals surface area (Å²) in [5.74, 6) is 1.74. The van der Waals surface area contributed by atoms with Gasteiger partial charge in [0.25, 0.3) is 0 Å². The largest absolute Gasteiger partial charge is 0.497 e. The highest BCUT2D eigenvalue weighted by molar-refractivity contribution is 5.49. The molecule has 1 atom stereocenters. The predicted molar refractivity (Wildman–Crippen MR) is 101 cm³/mol. The van der Waals surface area contributed by atoms with Gasteiger partial charge < -0.3 is 14.8 Å². The number of benzene rings is 2. The average molecular weight is 325 g/mol. The molecule has 0 bridgehead atoms. The summed E-state index contributed by atoms with van der Waals surface area (Å²) in [6, 6.07) is 16.5. The maximum absolute atomic E-state index is 5.27. The van der Waals surface area contributed by atoms with Crippen LogP contribution in [0.5, 0.6) is 11.5 Å². The van der Waals surface area contributed by atoms with Crippen molar-refractivity contribution in [2.45, 2.75) is 32.7 Å². The minimum atomic E-state index is 0.215. The number of anilines is 1. The number of hydrogen-bond acceptors (Lipinski definition) is 3. The molecule has 0 radical (unpaired) electrons. The van der Waals surface area contributed by atoms with Gasteiger partial charge in [0.05, 0.1) is 20.3 Å². The van der Waals surface area contributed by atoms with E-state index in [4.69, 9.17) is 9.47 Å². The van der Waals surface area contributed by atoms with Crippen LogP contribution in [0.25, 0.3) is 0 Å². The summed E-state index contributed by atoms with van der Waals surface area (Å²) in [6.45, 7) is 4.36. The highest BCUT2D eigenvalue weighted by Gasteiger charge is 2.12. The van der Waals surface area contributed by atoms with E-state index in [0.29, 0.717) is 0 Å². The third-order valence-electron chi connectivity index (χ3n) is 4.03. The monoisotopic (exact) mass is 325 g/mol. The molecule has 0 fully saturated rings. The van der Waals surface area contributed by atoms with Gasteiger partial charge in [-0.15, -0.1) is 0 Å². The number of allylic oxidation sites excluding steroid dienone is 1. The smallest absolute Gasteiger partial charge is 0.119 e. The standard InChI is InChI=1S/C21H27NO2/c1-5-6-16(2)15-21(17-7-11-19(23-3)12-8-17)22-18-9-13-20(24-4)14-10-18/h6-14,21-22H,5,15H2,1-4H3/b16-6+. The van der Waals surface area contributed by atoms with Crippen LogP contribution < -0.4 is 14.8 Å². The van der Waals surface area contributed by atoms with Gasteiger partial charge in [0, 0.05) is 5.69 Å². The van der Waals surface area contributed by atoms with Crippen molar-refractivity contribution in [3.05, 3.63) is 65.7 Å². The van der Waals surface area contributed by atoms with E-state index in [9.17, 15) is 0 Å². The van der Waals surface area contributed by atoms with Gasteiger partial charge in [0.15, 0.2) is 0 Å². The van der Waals surface area contributed by atoms with Crippen LogP contribution in [0.3, 0.4) is 0 Å². The van der Waals surface area contributed by atoms with E-state index in [2.05, 4.69) is 37.4 Å². The molecule has 0 aliphatic heterocycles. The van der Waals surface area contributed by atoms with E-state index in [1.807, 2.05) is 36.4 Å². The second-order valence-electron chi connectivity index (χ2n) is 5.86. The summed E-state index contributed by atoms with van der Waals surface area (Å²) >= 11 is 0. The second kappa shape index (κ2) is 9.02. The van der Waals surface area contributed by atoms with Gasteiger partial charge in [-0.3, -0.25) is 0 Å². The van der Waals surface area contributed by atoms with E-state index >= 15 is 0 Å². The zero-order valence-electron chi connectivity index (χ0n) is 15.0. The average Bonchev–Trinajstić information content (AvgIpc) is 2.62. The topological polar surface area (TPSA) is 30.5 Å². The van der Waals surface area contributed by atoms with Crippen LogP contribution in [0.4, 0.5) is 5.69 Å². The Morgan fingerprint density at radius 2 is 1.50 bits per heavy atom. The van der Waals surface area contributed by atoms with E-state index in [1.165, 1.54) is 11.1 Å². The van der Waals surface area contributed by atoms with Crippen molar-refractivity contribution in [3.63, 3.8) is 0 Å². The molecule has 3 nitrogen and oxygen atoms in total. The normalized spacial score (nSPS) is 12.6. The molecule has 0 amide bonds. The molecule has 1 unspecified atom stereocenters. The van der Waals surface area contributed by atoms with Crippen LogP contribution in [0.1, 0.15) is 38.3 Å². The first-order valence-electron chi connectivity index (χ1n) is 8.36. The van der Waals surface area contributed by atoms with Gasteiger partial charge in [-0.25, -0.2) is 0 Å². The third-order valence-corrected chi connectivity index (χ3v) is 4.03. The van der Waals surface area contributed by atoms with Gasteiger partial charge >= 0.3 is 0 Å². The highest BCUT2D eigenvalue weighted by Crippen LogP contribution is 2.28. The Labute approximate surface area is 145 Å². The van der Waals surface area contributed by atoms with Gasteiger partial charge in [-0.1, -0.05) is 30.7 Å². The Bertz CT molecular complexity index is 645. The molecule has 0 aromatic heterocycles. The van der Waals surface area contributed by atoms with Crippen LogP contribution in [-0.2, 0) is 0 Å². The molecular weight excluding hydrogens is 298 g/mol. The molecular formula is C21H27NO2. The van der Waals surface area contributed by atoms with E-state index in [-0.39, 0.29) is 6.04 Å². The molecule has 0 aliphatic carbocycles. The Hall–Kier alpha value is -2.42. The van der Waals surface area contributed by atoms with Gasteiger partial charge in [0.1, 0.15) is 11.5 Å². The molecule has 0 saturated carbocycles. The molecule has 24 heavy (non-hydrogen) atoms. The Morgan fingerprint density at radius 3 is 2.00 bits per heavy atom. The van der Waals surface area contributed by atoms with E-state index in [1.54, 1.807) is 14.2 Å². The quantitative estimate of drug-likeness (QED) is 0.640. The SMILES string of the molecule is CC/C=C(\C)CC(Nc1ccc(OC)cc1)c1ccc(OC)cc1. The van der Waals surface area contributed by atoms with Crippen molar-refractivity contribution < 1.29 is 9.47 Å². The molecule has 1 N–H and O–H groups in total. The van der Waals surface area contributed by atoms with Crippen LogP contribution in [0.15, 0.2) is 60.2 Å². The van der Waals surface area contributed by atoms with Crippen LogP contribution in [-0.4, -0.2) is 14.2 Å². The molecule has 3 heteroatoms. The number of rotatable bonds is 8. The van der Waals surface area contributed by atoms with Gasteiger partial charge in [-0.05, 0) is 61.7 Å². The minimum Gasteiger partial charge on any atom is -0.497 e. The molecule has 0 spiro atoms. The summed E-state index contributed by atoms with van der Waals surface area (Å²) in [5.41, 5.74) is 3.72. The lowest BCUT2D eigenvalue weighted by Crippen LogP contribution is -2.11. The zero-order valence-corrected chi connectivity index (χ0v) is 15.0. The molecule has 0 heterocycles. The fraction of sp³-hybridized carbons (Fsp3) is 0.333. The molecule has 2 aromatic rings. The first-order chi connectivity index (χ1) is 11.7. The van der Waals surface area contributed by atoms with Gasteiger partial charge in [0.2, 0.25) is 0 Å². The van der Waals surface area contributed by atoms with Crippen molar-refractivity contribution in [2.75, 3.05) is 19.5 Å². The predicted octanol–water partition coefficient (Wildman–Crippen LogP) is 5.60. The van der Waals surface area contributed by atoms with Crippen molar-refractivity contribution >= 4 is 5.69 Å². The molecule has 2 rings (SSSR count). The Balaban J connectivity index is 2.21. The lowest BCUT2D eigenvalue weighted by molar-refractivity contribution is 0.414. The van der Waals surface area contributed by atoms with Crippen LogP contribution in [0.2, 0.25) is 0 Å². The zero-order chi connectivity index (χ0) is 17.4. The third kappa shape index (κ3) is 5.05. The maximum Gasteiger partial charge on any atom is 0.119 e. The van der Waals surface area contributed by atoms with E-state index < -0.39 is 0 Å². The summed E-state index contributed by atoms with van der Waals surface area (Å²) < 4.78 is 10.5. The summed E-state index contributed by atoms with van der Waals surface area (Å²) in [4.78, 5) is 0.